The largest absolute Gasteiger partial charge is 0.374 e. The lowest BCUT2D eigenvalue weighted by molar-refractivity contribution is -0.116. The van der Waals surface area contributed by atoms with Gasteiger partial charge in [0.15, 0.2) is 0 Å². The summed E-state index contributed by atoms with van der Waals surface area (Å²) in [7, 11) is -3.32. The Balaban J connectivity index is 1.67. The third kappa shape index (κ3) is 4.95. The molecule has 8 heteroatoms. The fraction of sp³-hybridized carbons (Fsp3) is 0.158. The van der Waals surface area contributed by atoms with Crippen molar-refractivity contribution in [3.63, 3.8) is 0 Å². The van der Waals surface area contributed by atoms with Gasteiger partial charge in [-0.1, -0.05) is 6.07 Å². The molecule has 0 aliphatic heterocycles. The maximum atomic E-state index is 12.5. The summed E-state index contributed by atoms with van der Waals surface area (Å²) in [5.74, 6) is -0.190. The van der Waals surface area contributed by atoms with Crippen LogP contribution in [0.4, 0.5) is 17.1 Å². The van der Waals surface area contributed by atoms with E-state index in [9.17, 15) is 13.2 Å². The number of hydrogen-bond donors (Lipinski definition) is 3. The summed E-state index contributed by atoms with van der Waals surface area (Å²) in [5.41, 5.74) is 2.68. The first-order valence-electron chi connectivity index (χ1n) is 8.31. The van der Waals surface area contributed by atoms with Gasteiger partial charge in [0.2, 0.25) is 15.9 Å². The normalized spacial score (nSPS) is 12.4. The summed E-state index contributed by atoms with van der Waals surface area (Å²) in [6.45, 7) is 1.75. The molecule has 27 heavy (non-hydrogen) atoms. The highest BCUT2D eigenvalue weighted by Crippen LogP contribution is 2.22. The molecule has 0 fully saturated rings. The molecule has 1 aromatic heterocycles. The first-order valence-corrected chi connectivity index (χ1v) is 10.2. The Hall–Kier alpha value is -3.13. The maximum Gasteiger partial charge on any atom is 0.246 e. The van der Waals surface area contributed by atoms with Crippen LogP contribution in [0.25, 0.3) is 10.9 Å². The molecule has 140 valence electrons. The number of anilines is 3. The van der Waals surface area contributed by atoms with Crippen LogP contribution in [0.3, 0.4) is 0 Å². The molecule has 1 atom stereocenters. The van der Waals surface area contributed by atoms with E-state index in [1.54, 1.807) is 37.4 Å². The maximum absolute atomic E-state index is 12.5. The quantitative estimate of drug-likeness (QED) is 0.606. The minimum Gasteiger partial charge on any atom is -0.374 e. The van der Waals surface area contributed by atoms with Gasteiger partial charge in [0.1, 0.15) is 6.04 Å². The molecule has 3 N–H and O–H groups in total. The third-order valence-corrected chi connectivity index (χ3v) is 4.47. The van der Waals surface area contributed by atoms with Crippen molar-refractivity contribution < 1.29 is 13.2 Å². The number of hydrogen-bond acceptors (Lipinski definition) is 5. The average molecular weight is 384 g/mol. The second kappa shape index (κ2) is 7.63. The number of fused-ring (bicyclic) bond motifs is 1. The molecule has 2 aromatic carbocycles. The smallest absolute Gasteiger partial charge is 0.246 e. The van der Waals surface area contributed by atoms with Crippen molar-refractivity contribution in [3.05, 3.63) is 60.8 Å². The van der Waals surface area contributed by atoms with Gasteiger partial charge in [-0.2, -0.15) is 0 Å². The molecule has 3 aromatic rings. The summed E-state index contributed by atoms with van der Waals surface area (Å²) in [6, 6.07) is 15.5. The zero-order valence-corrected chi connectivity index (χ0v) is 15.7. The minimum absolute atomic E-state index is 0.190. The van der Waals surface area contributed by atoms with Gasteiger partial charge in [-0.05, 0) is 55.5 Å². The molecular formula is C19H20N4O3S. The second-order valence-electron chi connectivity index (χ2n) is 6.18. The summed E-state index contributed by atoms with van der Waals surface area (Å²) < 4.78 is 24.9. The fourth-order valence-electron chi connectivity index (χ4n) is 2.62. The van der Waals surface area contributed by atoms with E-state index in [1.165, 1.54) is 0 Å². The van der Waals surface area contributed by atoms with Crippen LogP contribution in [0.2, 0.25) is 0 Å². The molecule has 1 amide bonds. The molecule has 0 saturated carbocycles. The van der Waals surface area contributed by atoms with Crippen molar-refractivity contribution in [2.75, 3.05) is 21.6 Å². The van der Waals surface area contributed by atoms with Crippen LogP contribution in [-0.4, -0.2) is 31.6 Å². The SMILES string of the molecule is CC(Nc1ccc(NS(C)(=O)=O)cc1)C(=O)Nc1cccc2ncccc12. The Bertz CT molecular complexity index is 1060. The number of pyridine rings is 1. The van der Waals surface area contributed by atoms with Crippen molar-refractivity contribution in [3.8, 4) is 0 Å². The lowest BCUT2D eigenvalue weighted by atomic mass is 10.1. The summed E-state index contributed by atoms with van der Waals surface area (Å²) in [5, 5.41) is 6.88. The molecule has 0 radical (unpaired) electrons. The Morgan fingerprint density at radius 1 is 1.00 bits per heavy atom. The zero-order chi connectivity index (χ0) is 19.4. The number of carbonyl (C=O) groups excluding carboxylic acids is 1. The molecule has 0 aliphatic carbocycles. The van der Waals surface area contributed by atoms with E-state index in [2.05, 4.69) is 20.3 Å². The van der Waals surface area contributed by atoms with Gasteiger partial charge in [0.05, 0.1) is 17.5 Å². The Morgan fingerprint density at radius 3 is 2.41 bits per heavy atom. The van der Waals surface area contributed by atoms with Crippen LogP contribution in [0.5, 0.6) is 0 Å². The molecule has 0 spiro atoms. The van der Waals surface area contributed by atoms with Gasteiger partial charge in [-0.3, -0.25) is 14.5 Å². The molecule has 1 heterocycles. The van der Waals surface area contributed by atoms with E-state index in [0.717, 1.165) is 17.2 Å². The van der Waals surface area contributed by atoms with E-state index in [4.69, 9.17) is 0 Å². The summed E-state index contributed by atoms with van der Waals surface area (Å²) in [6.07, 6.45) is 2.80. The van der Waals surface area contributed by atoms with Crippen molar-refractivity contribution in [1.82, 2.24) is 4.98 Å². The molecule has 1 unspecified atom stereocenters. The van der Waals surface area contributed by atoms with E-state index >= 15 is 0 Å². The summed E-state index contributed by atoms with van der Waals surface area (Å²) >= 11 is 0. The predicted octanol–water partition coefficient (Wildman–Crippen LogP) is 3.05. The standard InChI is InChI=1S/C19H20N4O3S/c1-13(21-14-8-10-15(11-9-14)23-27(2,25)26)19(24)22-18-7-3-6-17-16(18)5-4-12-20-17/h3-13,21,23H,1-2H3,(H,22,24). The van der Waals surface area contributed by atoms with Gasteiger partial charge in [0, 0.05) is 23.0 Å². The van der Waals surface area contributed by atoms with Gasteiger partial charge >= 0.3 is 0 Å². The molecule has 7 nitrogen and oxygen atoms in total. The number of nitrogens with zero attached hydrogens (tertiary/aromatic N) is 1. The monoisotopic (exact) mass is 384 g/mol. The number of carbonyl (C=O) groups is 1. The first-order chi connectivity index (χ1) is 12.8. The first kappa shape index (κ1) is 18.7. The third-order valence-electron chi connectivity index (χ3n) is 3.87. The number of sulfonamides is 1. The van der Waals surface area contributed by atoms with Crippen LogP contribution in [0.15, 0.2) is 60.8 Å². The van der Waals surface area contributed by atoms with Crippen molar-refractivity contribution in [1.29, 1.82) is 0 Å². The van der Waals surface area contributed by atoms with Crippen molar-refractivity contribution >= 4 is 43.9 Å². The highest BCUT2D eigenvalue weighted by molar-refractivity contribution is 7.92. The van der Waals surface area contributed by atoms with Crippen LogP contribution in [0.1, 0.15) is 6.92 Å². The van der Waals surface area contributed by atoms with Gasteiger partial charge < -0.3 is 10.6 Å². The van der Waals surface area contributed by atoms with Gasteiger partial charge in [0.25, 0.3) is 0 Å². The Morgan fingerprint density at radius 2 is 1.70 bits per heavy atom. The van der Waals surface area contributed by atoms with Crippen LogP contribution in [0, 0.1) is 0 Å². The van der Waals surface area contributed by atoms with E-state index in [1.807, 2.05) is 30.3 Å². The molecule has 3 rings (SSSR count). The number of nitrogens with one attached hydrogen (secondary N) is 3. The molecule has 0 saturated heterocycles. The van der Waals surface area contributed by atoms with E-state index in [-0.39, 0.29) is 5.91 Å². The lowest BCUT2D eigenvalue weighted by Gasteiger charge is -2.16. The molecule has 0 aliphatic rings. The van der Waals surface area contributed by atoms with Crippen LogP contribution < -0.4 is 15.4 Å². The van der Waals surface area contributed by atoms with E-state index in [0.29, 0.717) is 17.1 Å². The zero-order valence-electron chi connectivity index (χ0n) is 14.9. The number of rotatable bonds is 6. The van der Waals surface area contributed by atoms with Crippen LogP contribution in [-0.2, 0) is 14.8 Å². The predicted molar refractivity (Wildman–Crippen MR) is 108 cm³/mol. The highest BCUT2D eigenvalue weighted by atomic mass is 32.2. The topological polar surface area (TPSA) is 100 Å². The summed E-state index contributed by atoms with van der Waals surface area (Å²) in [4.78, 5) is 16.8. The van der Waals surface area contributed by atoms with Gasteiger partial charge in [-0.25, -0.2) is 8.42 Å². The lowest BCUT2D eigenvalue weighted by Crippen LogP contribution is -2.31. The highest BCUT2D eigenvalue weighted by Gasteiger charge is 2.14. The number of benzene rings is 2. The Labute approximate surface area is 157 Å². The second-order valence-corrected chi connectivity index (χ2v) is 7.93. The van der Waals surface area contributed by atoms with E-state index < -0.39 is 16.1 Å². The minimum atomic E-state index is -3.32. The van der Waals surface area contributed by atoms with Crippen molar-refractivity contribution in [2.24, 2.45) is 0 Å². The van der Waals surface area contributed by atoms with Crippen molar-refractivity contribution in [2.45, 2.75) is 13.0 Å². The Kier molecular flexibility index (Phi) is 5.27. The van der Waals surface area contributed by atoms with Gasteiger partial charge in [-0.15, -0.1) is 0 Å². The molecule has 0 bridgehead atoms. The fourth-order valence-corrected chi connectivity index (χ4v) is 3.18. The number of aromatic nitrogens is 1. The number of amides is 1. The average Bonchev–Trinajstić information content (AvgIpc) is 2.62. The van der Waals surface area contributed by atoms with Crippen LogP contribution >= 0.6 is 0 Å². The molecular weight excluding hydrogens is 364 g/mol.